The molecule has 0 spiro atoms. The molecule has 2 rings (SSSR count). The molecule has 1 heterocycles. The van der Waals surface area contributed by atoms with Crippen LogP contribution in [0.3, 0.4) is 0 Å². The third-order valence-corrected chi connectivity index (χ3v) is 6.19. The van der Waals surface area contributed by atoms with Crippen LogP contribution in [0.4, 0.5) is 5.82 Å². The zero-order valence-electron chi connectivity index (χ0n) is 20.4. The molecule has 0 saturated carbocycles. The molecule has 8 heteroatoms. The summed E-state index contributed by atoms with van der Waals surface area (Å²) < 4.78 is 5.25. The maximum atomic E-state index is 12.1. The van der Waals surface area contributed by atoms with Gasteiger partial charge in [0.25, 0.3) is 0 Å². The second kappa shape index (κ2) is 12.9. The second-order valence-electron chi connectivity index (χ2n) is 8.50. The van der Waals surface area contributed by atoms with Gasteiger partial charge in [0.05, 0.1) is 0 Å². The molecule has 0 fully saturated rings. The van der Waals surface area contributed by atoms with Gasteiger partial charge in [0, 0.05) is 61.8 Å². The molecule has 1 aromatic heterocycles. The van der Waals surface area contributed by atoms with Crippen LogP contribution >= 0.6 is 0 Å². The van der Waals surface area contributed by atoms with E-state index in [1.54, 1.807) is 49.4 Å². The number of rotatable bonds is 13. The van der Waals surface area contributed by atoms with Gasteiger partial charge in [-0.25, -0.2) is 0 Å². The first-order valence-electron chi connectivity index (χ1n) is 11.5. The standard InChI is InChI=1S/C26H38N4O4/c1-5-24(33)30(3)17(2)15-18(12-13-31)25-19(10-8-14-34-4)21(26(28)29-25)16-22(27)20-9-6-7-11-23(20)32/h5-7,9,11,16-18,29,31-32H,1,8,10,12-15,27-28H2,2-4H3/b22-16-/t17-,18-/m1/s1. The molecule has 0 bridgehead atoms. The summed E-state index contributed by atoms with van der Waals surface area (Å²) in [5.41, 5.74) is 16.4. The predicted molar refractivity (Wildman–Crippen MR) is 137 cm³/mol. The van der Waals surface area contributed by atoms with Crippen molar-refractivity contribution >= 4 is 23.5 Å². The fourth-order valence-corrected chi connectivity index (χ4v) is 4.19. The largest absolute Gasteiger partial charge is 0.507 e. The Morgan fingerprint density at radius 2 is 2.06 bits per heavy atom. The Balaban J connectivity index is 2.51. The first-order valence-corrected chi connectivity index (χ1v) is 11.5. The number of aliphatic hydroxyl groups is 1. The van der Waals surface area contributed by atoms with Gasteiger partial charge in [-0.05, 0) is 62.5 Å². The number of carbonyl (C=O) groups excluding carboxylic acids is 1. The lowest BCUT2D eigenvalue weighted by atomic mass is 9.89. The Morgan fingerprint density at radius 3 is 2.68 bits per heavy atom. The summed E-state index contributed by atoms with van der Waals surface area (Å²) in [5, 5.41) is 20.0. The molecular formula is C26H38N4O4. The van der Waals surface area contributed by atoms with Crippen LogP contribution in [0.1, 0.15) is 54.5 Å². The molecule has 2 aromatic rings. The van der Waals surface area contributed by atoms with Gasteiger partial charge in [-0.2, -0.15) is 0 Å². The van der Waals surface area contributed by atoms with Crippen molar-refractivity contribution < 1.29 is 19.7 Å². The van der Waals surface area contributed by atoms with E-state index >= 15 is 0 Å². The zero-order chi connectivity index (χ0) is 25.3. The summed E-state index contributed by atoms with van der Waals surface area (Å²) in [4.78, 5) is 17.1. The minimum atomic E-state index is -0.152. The molecule has 2 atom stereocenters. The van der Waals surface area contributed by atoms with Crippen LogP contribution in [0.5, 0.6) is 5.75 Å². The number of aromatic hydroxyl groups is 1. The van der Waals surface area contributed by atoms with Crippen molar-refractivity contribution in [2.24, 2.45) is 5.73 Å². The van der Waals surface area contributed by atoms with E-state index in [-0.39, 0.29) is 30.2 Å². The van der Waals surface area contributed by atoms with Crippen molar-refractivity contribution in [3.63, 3.8) is 0 Å². The van der Waals surface area contributed by atoms with Gasteiger partial charge in [0.15, 0.2) is 0 Å². The molecular weight excluding hydrogens is 432 g/mol. The lowest BCUT2D eigenvalue weighted by Crippen LogP contribution is -2.35. The Hall–Kier alpha value is -3.23. The van der Waals surface area contributed by atoms with Crippen LogP contribution in [0.15, 0.2) is 36.9 Å². The SMILES string of the molecule is C=CC(=O)N(C)[C@H](C)C[C@@H](CCO)c1[nH]c(N)c(/C=C(\N)c2ccccc2O)c1CCCOC. The highest BCUT2D eigenvalue weighted by molar-refractivity contribution is 5.87. The van der Waals surface area contributed by atoms with Gasteiger partial charge in [-0.3, -0.25) is 4.79 Å². The highest BCUT2D eigenvalue weighted by Crippen LogP contribution is 2.35. The number of nitrogen functional groups attached to an aromatic ring is 1. The van der Waals surface area contributed by atoms with Crippen molar-refractivity contribution in [2.45, 2.75) is 44.6 Å². The summed E-state index contributed by atoms with van der Waals surface area (Å²) in [7, 11) is 3.40. The summed E-state index contributed by atoms with van der Waals surface area (Å²) in [6.45, 7) is 6.12. The number of nitrogens with zero attached hydrogens (tertiary/aromatic N) is 1. The molecule has 0 aliphatic carbocycles. The minimum Gasteiger partial charge on any atom is -0.507 e. The van der Waals surface area contributed by atoms with Gasteiger partial charge < -0.3 is 36.3 Å². The number of hydrogen-bond acceptors (Lipinski definition) is 6. The topological polar surface area (TPSA) is 138 Å². The summed E-state index contributed by atoms with van der Waals surface area (Å²) in [5.74, 6) is 0.342. The van der Waals surface area contributed by atoms with Gasteiger partial charge in [0.1, 0.15) is 11.6 Å². The fraction of sp³-hybridized carbons (Fsp3) is 0.423. The number of ether oxygens (including phenoxy) is 1. The third-order valence-electron chi connectivity index (χ3n) is 6.19. The smallest absolute Gasteiger partial charge is 0.245 e. The molecule has 8 nitrogen and oxygen atoms in total. The number of phenolic OH excluding ortho intramolecular Hbond substituents is 1. The minimum absolute atomic E-state index is 0.00184. The quantitative estimate of drug-likeness (QED) is 0.225. The lowest BCUT2D eigenvalue weighted by Gasteiger charge is -2.28. The normalized spacial score (nSPS) is 13.5. The van der Waals surface area contributed by atoms with Crippen molar-refractivity contribution in [1.29, 1.82) is 0 Å². The average Bonchev–Trinajstić information content (AvgIpc) is 3.12. The van der Waals surface area contributed by atoms with Crippen molar-refractivity contribution in [1.82, 2.24) is 9.88 Å². The maximum Gasteiger partial charge on any atom is 0.245 e. The number of nitrogens with two attached hydrogens (primary N) is 2. The number of amides is 1. The molecule has 1 amide bonds. The van der Waals surface area contributed by atoms with E-state index in [2.05, 4.69) is 11.6 Å². The number of aliphatic hydroxyl groups excluding tert-OH is 1. The highest BCUT2D eigenvalue weighted by atomic mass is 16.5. The molecule has 0 unspecified atom stereocenters. The number of methoxy groups -OCH3 is 1. The number of benzene rings is 1. The van der Waals surface area contributed by atoms with Crippen LogP contribution in [-0.4, -0.2) is 59.4 Å². The first-order chi connectivity index (χ1) is 16.2. The van der Waals surface area contributed by atoms with E-state index in [1.807, 2.05) is 6.92 Å². The van der Waals surface area contributed by atoms with Gasteiger partial charge in [0.2, 0.25) is 5.91 Å². The number of aromatic nitrogens is 1. The van der Waals surface area contributed by atoms with Crippen molar-refractivity contribution in [3.8, 4) is 5.75 Å². The number of para-hydroxylation sites is 1. The summed E-state index contributed by atoms with van der Waals surface area (Å²) in [6.07, 6.45) is 5.68. The van der Waals surface area contributed by atoms with Crippen molar-refractivity contribution in [3.05, 3.63) is 59.3 Å². The Kier molecular flexibility index (Phi) is 10.2. The number of nitrogens with one attached hydrogen (secondary N) is 1. The van der Waals surface area contributed by atoms with Gasteiger partial charge in [-0.15, -0.1) is 0 Å². The number of carbonyl (C=O) groups is 1. The van der Waals surface area contributed by atoms with Crippen molar-refractivity contribution in [2.75, 3.05) is 33.1 Å². The summed E-state index contributed by atoms with van der Waals surface area (Å²) in [6, 6.07) is 6.80. The number of phenols is 1. The lowest BCUT2D eigenvalue weighted by molar-refractivity contribution is -0.126. The number of likely N-dealkylation sites (N-methyl/N-ethyl adjacent to an activating group) is 1. The molecule has 0 aliphatic rings. The third kappa shape index (κ3) is 6.65. The molecule has 0 radical (unpaired) electrons. The van der Waals surface area contributed by atoms with Gasteiger partial charge in [-0.1, -0.05) is 18.7 Å². The van der Waals surface area contributed by atoms with Gasteiger partial charge >= 0.3 is 0 Å². The van der Waals surface area contributed by atoms with E-state index in [0.29, 0.717) is 42.9 Å². The van der Waals surface area contributed by atoms with E-state index < -0.39 is 0 Å². The van der Waals surface area contributed by atoms with Crippen LogP contribution in [0, 0.1) is 0 Å². The first kappa shape index (κ1) is 27.0. The van der Waals surface area contributed by atoms with Crippen LogP contribution in [-0.2, 0) is 16.0 Å². The highest BCUT2D eigenvalue weighted by Gasteiger charge is 2.25. The molecule has 1 aromatic carbocycles. The predicted octanol–water partition coefficient (Wildman–Crippen LogP) is 3.23. The van der Waals surface area contributed by atoms with Crippen LogP contribution in [0.2, 0.25) is 0 Å². The number of H-pyrrole nitrogens is 1. The van der Waals surface area contributed by atoms with E-state index in [4.69, 9.17) is 16.2 Å². The average molecular weight is 471 g/mol. The Morgan fingerprint density at radius 1 is 1.35 bits per heavy atom. The molecule has 34 heavy (non-hydrogen) atoms. The summed E-state index contributed by atoms with van der Waals surface area (Å²) >= 11 is 0. The second-order valence-corrected chi connectivity index (χ2v) is 8.50. The number of aromatic amines is 1. The van der Waals surface area contributed by atoms with E-state index in [0.717, 1.165) is 23.2 Å². The molecule has 7 N–H and O–H groups in total. The van der Waals surface area contributed by atoms with Crippen LogP contribution < -0.4 is 11.5 Å². The number of hydrogen-bond donors (Lipinski definition) is 5. The molecule has 0 saturated heterocycles. The van der Waals surface area contributed by atoms with E-state index in [1.165, 1.54) is 6.08 Å². The zero-order valence-corrected chi connectivity index (χ0v) is 20.4. The number of anilines is 1. The van der Waals surface area contributed by atoms with E-state index in [9.17, 15) is 15.0 Å². The molecule has 186 valence electrons. The Bertz CT molecular complexity index is 999. The fourth-order valence-electron chi connectivity index (χ4n) is 4.19. The maximum absolute atomic E-state index is 12.1. The monoisotopic (exact) mass is 470 g/mol. The van der Waals surface area contributed by atoms with Crippen LogP contribution in [0.25, 0.3) is 11.8 Å². The Labute approximate surface area is 201 Å². The molecule has 0 aliphatic heterocycles.